The SMILES string of the molecule is CCC(N)CC(=O)Nc1ccc(C#N)c(C(F)(F)F)c1. The third-order valence-corrected chi connectivity index (χ3v) is 2.70. The summed E-state index contributed by atoms with van der Waals surface area (Å²) >= 11 is 0. The number of nitrogens with zero attached hydrogens (tertiary/aromatic N) is 1. The number of nitrogens with two attached hydrogens (primary N) is 1. The van der Waals surface area contributed by atoms with E-state index in [1.807, 2.05) is 0 Å². The van der Waals surface area contributed by atoms with Gasteiger partial charge in [-0.05, 0) is 24.6 Å². The molecule has 1 unspecified atom stereocenters. The number of nitriles is 1. The Labute approximate surface area is 114 Å². The smallest absolute Gasteiger partial charge is 0.327 e. The molecule has 0 aliphatic carbocycles. The minimum absolute atomic E-state index is 0.00960. The van der Waals surface area contributed by atoms with Crippen molar-refractivity contribution in [2.75, 3.05) is 5.32 Å². The average molecular weight is 285 g/mol. The molecule has 108 valence electrons. The van der Waals surface area contributed by atoms with Crippen LogP contribution in [-0.4, -0.2) is 11.9 Å². The summed E-state index contributed by atoms with van der Waals surface area (Å²) in [6, 6.07) is 4.16. The summed E-state index contributed by atoms with van der Waals surface area (Å²) in [5.41, 5.74) is 4.02. The molecule has 0 spiro atoms. The number of hydrogen-bond acceptors (Lipinski definition) is 3. The summed E-state index contributed by atoms with van der Waals surface area (Å²) in [4.78, 5) is 11.6. The molecule has 1 aromatic carbocycles. The van der Waals surface area contributed by atoms with Crippen molar-refractivity contribution in [2.24, 2.45) is 5.73 Å². The molecule has 0 bridgehead atoms. The first-order valence-corrected chi connectivity index (χ1v) is 5.94. The predicted octanol–water partition coefficient (Wildman–Crippen LogP) is 2.64. The Hall–Kier alpha value is -2.07. The zero-order valence-electron chi connectivity index (χ0n) is 10.8. The van der Waals surface area contributed by atoms with Crippen LogP contribution in [0.3, 0.4) is 0 Å². The van der Waals surface area contributed by atoms with Gasteiger partial charge in [0.15, 0.2) is 0 Å². The molecule has 7 heteroatoms. The molecule has 4 nitrogen and oxygen atoms in total. The van der Waals surface area contributed by atoms with Gasteiger partial charge in [-0.15, -0.1) is 0 Å². The summed E-state index contributed by atoms with van der Waals surface area (Å²) in [5, 5.41) is 11.0. The molecule has 0 aromatic heterocycles. The van der Waals surface area contributed by atoms with Gasteiger partial charge in [0.1, 0.15) is 0 Å². The molecule has 1 amide bonds. The van der Waals surface area contributed by atoms with Gasteiger partial charge in [-0.1, -0.05) is 6.92 Å². The van der Waals surface area contributed by atoms with Gasteiger partial charge in [0, 0.05) is 18.2 Å². The van der Waals surface area contributed by atoms with Crippen molar-refractivity contribution in [1.82, 2.24) is 0 Å². The van der Waals surface area contributed by atoms with Gasteiger partial charge in [0.25, 0.3) is 0 Å². The molecule has 1 rings (SSSR count). The Bertz CT molecular complexity index is 535. The molecule has 0 radical (unpaired) electrons. The topological polar surface area (TPSA) is 78.9 Å². The van der Waals surface area contributed by atoms with E-state index in [0.29, 0.717) is 6.42 Å². The number of carbonyl (C=O) groups is 1. The molecule has 20 heavy (non-hydrogen) atoms. The van der Waals surface area contributed by atoms with Gasteiger partial charge in [0.2, 0.25) is 5.91 Å². The highest BCUT2D eigenvalue weighted by Gasteiger charge is 2.33. The second-order valence-electron chi connectivity index (χ2n) is 4.29. The van der Waals surface area contributed by atoms with Gasteiger partial charge < -0.3 is 11.1 Å². The van der Waals surface area contributed by atoms with Crippen molar-refractivity contribution in [2.45, 2.75) is 32.0 Å². The highest BCUT2D eigenvalue weighted by Crippen LogP contribution is 2.33. The first-order chi connectivity index (χ1) is 9.27. The van der Waals surface area contributed by atoms with E-state index in [1.54, 1.807) is 6.92 Å². The second-order valence-corrected chi connectivity index (χ2v) is 4.29. The maximum Gasteiger partial charge on any atom is 0.417 e. The van der Waals surface area contributed by atoms with Crippen molar-refractivity contribution >= 4 is 11.6 Å². The number of carbonyl (C=O) groups excluding carboxylic acids is 1. The summed E-state index contributed by atoms with van der Waals surface area (Å²) in [6.07, 6.45) is -4.03. The van der Waals surface area contributed by atoms with E-state index in [0.717, 1.165) is 12.1 Å². The molecule has 0 aliphatic heterocycles. The Balaban J connectivity index is 2.94. The van der Waals surface area contributed by atoms with Crippen LogP contribution < -0.4 is 11.1 Å². The van der Waals surface area contributed by atoms with Gasteiger partial charge in [-0.25, -0.2) is 0 Å². The molecule has 1 aromatic rings. The summed E-state index contributed by atoms with van der Waals surface area (Å²) < 4.78 is 38.2. The maximum absolute atomic E-state index is 12.7. The third kappa shape index (κ3) is 4.24. The molecule has 0 aliphatic rings. The first kappa shape index (κ1) is 16.0. The molecular weight excluding hydrogens is 271 g/mol. The van der Waals surface area contributed by atoms with Crippen LogP contribution in [0.4, 0.5) is 18.9 Å². The van der Waals surface area contributed by atoms with Crippen LogP contribution in [0, 0.1) is 11.3 Å². The quantitative estimate of drug-likeness (QED) is 0.892. The fraction of sp³-hybridized carbons (Fsp3) is 0.385. The summed E-state index contributed by atoms with van der Waals surface area (Å²) in [7, 11) is 0. The number of halogens is 3. The Morgan fingerprint density at radius 3 is 2.65 bits per heavy atom. The van der Waals surface area contributed by atoms with Crippen LogP contribution in [0.5, 0.6) is 0 Å². The fourth-order valence-electron chi connectivity index (χ4n) is 1.55. The molecule has 0 saturated carbocycles. The van der Waals surface area contributed by atoms with E-state index in [9.17, 15) is 18.0 Å². The maximum atomic E-state index is 12.7. The highest BCUT2D eigenvalue weighted by molar-refractivity contribution is 5.91. The fourth-order valence-corrected chi connectivity index (χ4v) is 1.55. The monoisotopic (exact) mass is 285 g/mol. The molecule has 3 N–H and O–H groups in total. The van der Waals surface area contributed by atoms with Crippen molar-refractivity contribution in [1.29, 1.82) is 5.26 Å². The van der Waals surface area contributed by atoms with Crippen LogP contribution >= 0.6 is 0 Å². The Kier molecular flexibility index (Phi) is 5.11. The molecule has 0 saturated heterocycles. The van der Waals surface area contributed by atoms with E-state index < -0.39 is 23.2 Å². The lowest BCUT2D eigenvalue weighted by Gasteiger charge is -2.13. The van der Waals surface area contributed by atoms with E-state index >= 15 is 0 Å². The number of anilines is 1. The van der Waals surface area contributed by atoms with E-state index in [4.69, 9.17) is 11.0 Å². The molecular formula is C13H14F3N3O. The van der Waals surface area contributed by atoms with Gasteiger partial charge in [-0.3, -0.25) is 4.79 Å². The number of nitrogens with one attached hydrogen (secondary N) is 1. The minimum Gasteiger partial charge on any atom is -0.327 e. The number of alkyl halides is 3. The van der Waals surface area contributed by atoms with Crippen molar-refractivity contribution in [3.63, 3.8) is 0 Å². The predicted molar refractivity (Wildman–Crippen MR) is 67.7 cm³/mol. The highest BCUT2D eigenvalue weighted by atomic mass is 19.4. The second kappa shape index (κ2) is 6.39. The zero-order valence-corrected chi connectivity index (χ0v) is 10.8. The van der Waals surface area contributed by atoms with Gasteiger partial charge in [-0.2, -0.15) is 18.4 Å². The van der Waals surface area contributed by atoms with Crippen LogP contribution in [0.15, 0.2) is 18.2 Å². The van der Waals surface area contributed by atoms with E-state index in [2.05, 4.69) is 5.32 Å². The van der Waals surface area contributed by atoms with Gasteiger partial charge >= 0.3 is 6.18 Å². The first-order valence-electron chi connectivity index (χ1n) is 5.94. The molecule has 0 heterocycles. The average Bonchev–Trinajstić information content (AvgIpc) is 2.37. The van der Waals surface area contributed by atoms with Crippen LogP contribution in [0.2, 0.25) is 0 Å². The molecule has 1 atom stereocenters. The van der Waals surface area contributed by atoms with E-state index in [-0.39, 0.29) is 18.2 Å². The summed E-state index contributed by atoms with van der Waals surface area (Å²) in [5.74, 6) is -0.461. The Morgan fingerprint density at radius 1 is 1.50 bits per heavy atom. The number of benzene rings is 1. The zero-order chi connectivity index (χ0) is 15.3. The normalized spacial score (nSPS) is 12.6. The number of rotatable bonds is 4. The van der Waals surface area contributed by atoms with Crippen LogP contribution in [0.1, 0.15) is 30.9 Å². The van der Waals surface area contributed by atoms with Crippen molar-refractivity contribution in [3.8, 4) is 6.07 Å². The van der Waals surface area contributed by atoms with Crippen LogP contribution in [0.25, 0.3) is 0 Å². The lowest BCUT2D eigenvalue weighted by Crippen LogP contribution is -2.26. The summed E-state index contributed by atoms with van der Waals surface area (Å²) in [6.45, 7) is 1.81. The number of amides is 1. The largest absolute Gasteiger partial charge is 0.417 e. The number of hydrogen-bond donors (Lipinski definition) is 2. The van der Waals surface area contributed by atoms with Crippen molar-refractivity contribution in [3.05, 3.63) is 29.3 Å². The Morgan fingerprint density at radius 2 is 2.15 bits per heavy atom. The standard InChI is InChI=1S/C13H14F3N3O/c1-2-9(18)5-12(20)19-10-4-3-8(7-17)11(6-10)13(14,15)16/h3-4,6,9H,2,5,18H2,1H3,(H,19,20). The lowest BCUT2D eigenvalue weighted by molar-refractivity contribution is -0.137. The lowest BCUT2D eigenvalue weighted by atomic mass is 10.1. The van der Waals surface area contributed by atoms with E-state index in [1.165, 1.54) is 12.1 Å². The molecule has 0 fully saturated rings. The minimum atomic E-state index is -4.65. The van der Waals surface area contributed by atoms with Gasteiger partial charge in [0.05, 0.1) is 17.2 Å². The van der Waals surface area contributed by atoms with Crippen molar-refractivity contribution < 1.29 is 18.0 Å². The van der Waals surface area contributed by atoms with Crippen LogP contribution in [-0.2, 0) is 11.0 Å². The third-order valence-electron chi connectivity index (χ3n) is 2.70.